The Kier molecular flexibility index (Phi) is 4.18. The lowest BCUT2D eigenvalue weighted by atomic mass is 10.2. The highest BCUT2D eigenvalue weighted by Gasteiger charge is 2.01. The number of carbonyl (C=O) groups is 2. The van der Waals surface area contributed by atoms with Gasteiger partial charge in [0.15, 0.2) is 0 Å². The molecule has 0 spiro atoms. The maximum absolute atomic E-state index is 10.4. The molecule has 3 nitrogen and oxygen atoms in total. The van der Waals surface area contributed by atoms with E-state index in [4.69, 9.17) is 4.74 Å². The smallest absolute Gasteiger partial charge is 0.307 e. The molecule has 3 heteroatoms. The molecule has 0 saturated heterocycles. The lowest BCUT2D eigenvalue weighted by Crippen LogP contribution is -1.99. The summed E-state index contributed by atoms with van der Waals surface area (Å²) in [5, 5.41) is 0. The number of allylic oxidation sites excluding steroid dienone is 2. The van der Waals surface area contributed by atoms with Crippen LogP contribution in [0.25, 0.3) is 0 Å². The van der Waals surface area contributed by atoms with Gasteiger partial charge >= 0.3 is 5.97 Å². The van der Waals surface area contributed by atoms with Crippen molar-refractivity contribution < 1.29 is 14.3 Å². The van der Waals surface area contributed by atoms with Gasteiger partial charge in [-0.2, -0.15) is 0 Å². The zero-order valence-electron chi connectivity index (χ0n) is 7.01. The number of hydrogen-bond donors (Lipinski definition) is 0. The quantitative estimate of drug-likeness (QED) is 0.269. The first kappa shape index (κ1) is 9.88. The van der Waals surface area contributed by atoms with Crippen molar-refractivity contribution in [3.63, 3.8) is 0 Å². The first-order valence-electron chi connectivity index (χ1n) is 3.45. The summed E-state index contributed by atoms with van der Waals surface area (Å²) in [7, 11) is 0. The Bertz CT molecular complexity index is 192. The van der Waals surface area contributed by atoms with Crippen LogP contribution in [0.2, 0.25) is 0 Å². The summed E-state index contributed by atoms with van der Waals surface area (Å²) in [5.74, 6) is 0.00491. The Morgan fingerprint density at radius 2 is 2.00 bits per heavy atom. The normalized spacial score (nSPS) is 11.9. The molecule has 0 saturated carbocycles. The highest BCUT2D eigenvalue weighted by molar-refractivity contribution is 5.75. The van der Waals surface area contributed by atoms with Crippen molar-refractivity contribution in [1.82, 2.24) is 0 Å². The van der Waals surface area contributed by atoms with E-state index in [0.717, 1.165) is 0 Å². The van der Waals surface area contributed by atoms with Crippen molar-refractivity contribution in [2.45, 2.75) is 27.2 Å². The van der Waals surface area contributed by atoms with Crippen molar-refractivity contribution in [2.24, 2.45) is 0 Å². The predicted octanol–water partition coefficient (Wildman–Crippen LogP) is 1.43. The fraction of sp³-hybridized carbons (Fsp3) is 0.500. The van der Waals surface area contributed by atoms with E-state index in [9.17, 15) is 9.59 Å². The second kappa shape index (κ2) is 4.66. The number of rotatable bonds is 3. The minimum atomic E-state index is -0.393. The molecule has 0 fully saturated rings. The van der Waals surface area contributed by atoms with Gasteiger partial charge in [0.1, 0.15) is 12.0 Å². The first-order valence-corrected chi connectivity index (χ1v) is 3.45. The van der Waals surface area contributed by atoms with Crippen molar-refractivity contribution in [3.05, 3.63) is 11.3 Å². The molecule has 0 radical (unpaired) electrons. The summed E-state index contributed by atoms with van der Waals surface area (Å²) in [4.78, 5) is 20.7. The van der Waals surface area contributed by atoms with Gasteiger partial charge in [0.2, 0.25) is 0 Å². The van der Waals surface area contributed by atoms with Gasteiger partial charge in [-0.1, -0.05) is 6.92 Å². The Morgan fingerprint density at radius 1 is 1.45 bits per heavy atom. The van der Waals surface area contributed by atoms with E-state index in [2.05, 4.69) is 0 Å². The summed E-state index contributed by atoms with van der Waals surface area (Å²) >= 11 is 0. The SMILES string of the molecule is CC/C(C=O)=C(/C)OC(C)=O. The van der Waals surface area contributed by atoms with Crippen molar-refractivity contribution in [1.29, 1.82) is 0 Å². The van der Waals surface area contributed by atoms with Crippen LogP contribution in [-0.2, 0) is 14.3 Å². The largest absolute Gasteiger partial charge is 0.431 e. The standard InChI is InChI=1S/C8H12O3/c1-4-8(5-9)6(2)11-7(3)10/h5H,4H2,1-3H3/b8-6+. The molecule has 0 unspecified atom stereocenters. The van der Waals surface area contributed by atoms with Crippen LogP contribution >= 0.6 is 0 Å². The van der Waals surface area contributed by atoms with Gasteiger partial charge in [-0.05, 0) is 13.3 Å². The highest BCUT2D eigenvalue weighted by atomic mass is 16.5. The van der Waals surface area contributed by atoms with Gasteiger partial charge < -0.3 is 4.74 Å². The number of esters is 1. The van der Waals surface area contributed by atoms with E-state index in [0.29, 0.717) is 24.0 Å². The maximum atomic E-state index is 10.4. The molecular formula is C8H12O3. The van der Waals surface area contributed by atoms with E-state index in [1.54, 1.807) is 6.92 Å². The van der Waals surface area contributed by atoms with Gasteiger partial charge in [0, 0.05) is 12.5 Å². The molecule has 0 aliphatic carbocycles. The van der Waals surface area contributed by atoms with Gasteiger partial charge in [-0.15, -0.1) is 0 Å². The molecule has 0 aromatic heterocycles. The third-order valence-electron chi connectivity index (χ3n) is 1.27. The average Bonchev–Trinajstić information content (AvgIpc) is 1.88. The van der Waals surface area contributed by atoms with Crippen LogP contribution in [0.1, 0.15) is 27.2 Å². The second-order valence-electron chi connectivity index (χ2n) is 2.15. The average molecular weight is 156 g/mol. The lowest BCUT2D eigenvalue weighted by Gasteiger charge is -2.02. The molecule has 0 bridgehead atoms. The molecule has 0 aromatic rings. The third-order valence-corrected chi connectivity index (χ3v) is 1.27. The van der Waals surface area contributed by atoms with Gasteiger partial charge in [-0.25, -0.2) is 0 Å². The minimum Gasteiger partial charge on any atom is -0.431 e. The van der Waals surface area contributed by atoms with Crippen LogP contribution in [0.4, 0.5) is 0 Å². The molecule has 0 aromatic carbocycles. The monoisotopic (exact) mass is 156 g/mol. The Labute approximate surface area is 66.0 Å². The molecule has 0 N–H and O–H groups in total. The van der Waals surface area contributed by atoms with Gasteiger partial charge in [-0.3, -0.25) is 9.59 Å². The number of hydrogen-bond acceptors (Lipinski definition) is 3. The Balaban J connectivity index is 4.35. The molecule has 0 rings (SSSR count). The Morgan fingerprint density at radius 3 is 2.27 bits per heavy atom. The number of ether oxygens (including phenoxy) is 1. The molecule has 11 heavy (non-hydrogen) atoms. The summed E-state index contributed by atoms with van der Waals surface area (Å²) < 4.78 is 4.70. The zero-order chi connectivity index (χ0) is 8.85. The second-order valence-corrected chi connectivity index (χ2v) is 2.15. The van der Waals surface area contributed by atoms with Crippen LogP contribution in [0.15, 0.2) is 11.3 Å². The summed E-state index contributed by atoms with van der Waals surface area (Å²) in [6.45, 7) is 4.74. The van der Waals surface area contributed by atoms with Crippen LogP contribution in [0.3, 0.4) is 0 Å². The molecule has 0 aliphatic rings. The topological polar surface area (TPSA) is 43.4 Å². The van der Waals surface area contributed by atoms with E-state index in [-0.39, 0.29) is 0 Å². The summed E-state index contributed by atoms with van der Waals surface area (Å²) in [6.07, 6.45) is 1.29. The Hall–Kier alpha value is -1.12. The number of aldehydes is 1. The van der Waals surface area contributed by atoms with E-state index >= 15 is 0 Å². The first-order chi connectivity index (χ1) is 5.11. The van der Waals surface area contributed by atoms with Gasteiger partial charge in [0.25, 0.3) is 0 Å². The minimum absolute atomic E-state index is 0.393. The fourth-order valence-electron chi connectivity index (χ4n) is 0.696. The van der Waals surface area contributed by atoms with Crippen molar-refractivity contribution >= 4 is 12.3 Å². The van der Waals surface area contributed by atoms with Crippen LogP contribution < -0.4 is 0 Å². The molecule has 62 valence electrons. The van der Waals surface area contributed by atoms with Gasteiger partial charge in [0.05, 0.1) is 0 Å². The van der Waals surface area contributed by atoms with Crippen LogP contribution in [0, 0.1) is 0 Å². The molecule has 0 amide bonds. The molecule has 0 atom stereocenters. The summed E-state index contributed by atoms with van der Waals surface area (Å²) in [5.41, 5.74) is 0.528. The number of carbonyl (C=O) groups excluding carboxylic acids is 2. The predicted molar refractivity (Wildman–Crippen MR) is 40.8 cm³/mol. The fourth-order valence-corrected chi connectivity index (χ4v) is 0.696. The van der Waals surface area contributed by atoms with Crippen molar-refractivity contribution in [3.8, 4) is 0 Å². The maximum Gasteiger partial charge on any atom is 0.307 e. The van der Waals surface area contributed by atoms with Crippen molar-refractivity contribution in [2.75, 3.05) is 0 Å². The molecule has 0 aliphatic heterocycles. The van der Waals surface area contributed by atoms with Crippen LogP contribution in [-0.4, -0.2) is 12.3 Å². The van der Waals surface area contributed by atoms with Crippen LogP contribution in [0.5, 0.6) is 0 Å². The molecular weight excluding hydrogens is 144 g/mol. The highest BCUT2D eigenvalue weighted by Crippen LogP contribution is 2.06. The third kappa shape index (κ3) is 3.55. The molecule has 0 heterocycles. The van der Waals surface area contributed by atoms with E-state index in [1.165, 1.54) is 6.92 Å². The zero-order valence-corrected chi connectivity index (χ0v) is 7.01. The van der Waals surface area contributed by atoms with E-state index < -0.39 is 5.97 Å². The summed E-state index contributed by atoms with van der Waals surface area (Å²) in [6, 6.07) is 0. The van der Waals surface area contributed by atoms with E-state index in [1.807, 2.05) is 6.92 Å². The lowest BCUT2D eigenvalue weighted by molar-refractivity contribution is -0.136.